The van der Waals surface area contributed by atoms with E-state index < -0.39 is 0 Å². The van der Waals surface area contributed by atoms with Crippen LogP contribution in [0, 0.1) is 0 Å². The van der Waals surface area contributed by atoms with Crippen molar-refractivity contribution in [2.75, 3.05) is 0 Å². The van der Waals surface area contributed by atoms with Gasteiger partial charge in [0.2, 0.25) is 0 Å². The van der Waals surface area contributed by atoms with Crippen LogP contribution in [0.25, 0.3) is 55.6 Å². The van der Waals surface area contributed by atoms with Crippen molar-refractivity contribution in [1.29, 1.82) is 0 Å². The van der Waals surface area contributed by atoms with E-state index in [2.05, 4.69) is 217 Å². The van der Waals surface area contributed by atoms with Gasteiger partial charge in [0.1, 0.15) is 0 Å². The van der Waals surface area contributed by atoms with E-state index in [-0.39, 0.29) is 21.7 Å². The molecule has 0 aliphatic carbocycles. The molecule has 0 heterocycles. The summed E-state index contributed by atoms with van der Waals surface area (Å²) < 4.78 is 0. The van der Waals surface area contributed by atoms with E-state index in [9.17, 15) is 0 Å². The molecule has 0 amide bonds. The molecule has 0 spiro atoms. The van der Waals surface area contributed by atoms with Crippen molar-refractivity contribution in [1.82, 2.24) is 0 Å². The Kier molecular flexibility index (Phi) is 9.77. The average molecular weight is 683 g/mol. The standard InChI is InChI=1S/C52H58/c1-49(2,3)44-30-42(31-45(34-44)50(4,5)6)39-26-22-37(23-27-39)35-18-20-36(21-19-35)38-24-28-40(29-25-38)43-32-46(51(7,8)9)48(41-16-14-13-15-17-41)47(33-43)52(10,11)12/h13-34H,1-12H3. The third kappa shape index (κ3) is 8.03. The Balaban J connectivity index is 1.27. The van der Waals surface area contributed by atoms with Gasteiger partial charge in [-0.25, -0.2) is 0 Å². The fraction of sp³-hybridized carbons (Fsp3) is 0.308. The largest absolute Gasteiger partial charge is 0.0622 e. The lowest BCUT2D eigenvalue weighted by atomic mass is 9.73. The Morgan fingerprint density at radius 2 is 0.538 bits per heavy atom. The van der Waals surface area contributed by atoms with Crippen LogP contribution >= 0.6 is 0 Å². The Morgan fingerprint density at radius 3 is 0.827 bits per heavy atom. The zero-order valence-corrected chi connectivity index (χ0v) is 33.7. The maximum Gasteiger partial charge on any atom is -0.0109 e. The summed E-state index contributed by atoms with van der Waals surface area (Å²) >= 11 is 0. The molecule has 0 saturated heterocycles. The molecule has 0 atom stereocenters. The molecule has 0 nitrogen and oxygen atoms in total. The van der Waals surface area contributed by atoms with Crippen molar-refractivity contribution in [3.63, 3.8) is 0 Å². The van der Waals surface area contributed by atoms with E-state index in [1.54, 1.807) is 0 Å². The van der Waals surface area contributed by atoms with Crippen LogP contribution in [0.4, 0.5) is 0 Å². The Hall–Kier alpha value is -4.68. The molecule has 0 bridgehead atoms. The summed E-state index contributed by atoms with van der Waals surface area (Å²) in [6.07, 6.45) is 0. The monoisotopic (exact) mass is 682 g/mol. The lowest BCUT2D eigenvalue weighted by Gasteiger charge is -2.31. The molecule has 0 aliphatic rings. The van der Waals surface area contributed by atoms with Gasteiger partial charge in [-0.2, -0.15) is 0 Å². The van der Waals surface area contributed by atoms with E-state index in [0.717, 1.165) is 0 Å². The van der Waals surface area contributed by atoms with Gasteiger partial charge in [-0.05, 0) is 112 Å². The molecule has 266 valence electrons. The molecular weight excluding hydrogens is 625 g/mol. The maximum absolute atomic E-state index is 2.43. The second kappa shape index (κ2) is 13.7. The molecule has 6 aromatic rings. The zero-order valence-electron chi connectivity index (χ0n) is 33.7. The van der Waals surface area contributed by atoms with E-state index in [0.29, 0.717) is 0 Å². The maximum atomic E-state index is 2.43. The predicted molar refractivity (Wildman–Crippen MR) is 228 cm³/mol. The van der Waals surface area contributed by atoms with Crippen LogP contribution in [-0.2, 0) is 21.7 Å². The highest BCUT2D eigenvalue weighted by Crippen LogP contribution is 2.43. The molecule has 0 saturated carbocycles. The third-order valence-electron chi connectivity index (χ3n) is 10.5. The minimum absolute atomic E-state index is 0.00366. The summed E-state index contributed by atoms with van der Waals surface area (Å²) in [5.74, 6) is 0. The van der Waals surface area contributed by atoms with Gasteiger partial charge in [-0.15, -0.1) is 0 Å². The topological polar surface area (TPSA) is 0 Å². The minimum atomic E-state index is -0.00366. The molecule has 0 fully saturated rings. The zero-order chi connectivity index (χ0) is 37.6. The third-order valence-corrected chi connectivity index (χ3v) is 10.5. The fourth-order valence-electron chi connectivity index (χ4n) is 7.13. The van der Waals surface area contributed by atoms with Crippen LogP contribution < -0.4 is 0 Å². The summed E-state index contributed by atoms with van der Waals surface area (Å²) in [7, 11) is 0. The second-order valence-corrected chi connectivity index (χ2v) is 18.8. The summed E-state index contributed by atoms with van der Waals surface area (Å²) in [6.45, 7) is 27.8. The molecule has 0 aromatic heterocycles. The van der Waals surface area contributed by atoms with E-state index in [1.165, 1.54) is 77.9 Å². The summed E-state index contributed by atoms with van der Waals surface area (Å²) in [5, 5.41) is 0. The number of hydrogen-bond acceptors (Lipinski definition) is 0. The summed E-state index contributed by atoms with van der Waals surface area (Å²) in [6, 6.07) is 50.1. The molecule has 6 rings (SSSR count). The van der Waals surface area contributed by atoms with Gasteiger partial charge in [0.25, 0.3) is 0 Å². The van der Waals surface area contributed by atoms with Crippen LogP contribution in [0.2, 0.25) is 0 Å². The van der Waals surface area contributed by atoms with E-state index in [1.807, 2.05) is 0 Å². The van der Waals surface area contributed by atoms with Crippen molar-refractivity contribution < 1.29 is 0 Å². The minimum Gasteiger partial charge on any atom is -0.0622 e. The number of benzene rings is 6. The molecule has 0 unspecified atom stereocenters. The van der Waals surface area contributed by atoms with E-state index in [4.69, 9.17) is 0 Å². The van der Waals surface area contributed by atoms with Gasteiger partial charge < -0.3 is 0 Å². The number of rotatable bonds is 5. The van der Waals surface area contributed by atoms with Crippen LogP contribution in [0.15, 0.2) is 133 Å². The Labute approximate surface area is 315 Å². The Bertz CT molecular complexity index is 2080. The quantitative estimate of drug-likeness (QED) is 0.170. The summed E-state index contributed by atoms with van der Waals surface area (Å²) in [5.41, 5.74) is 18.4. The van der Waals surface area contributed by atoms with Crippen molar-refractivity contribution in [2.24, 2.45) is 0 Å². The SMILES string of the molecule is CC(C)(C)c1cc(-c2ccc(-c3ccc(-c4ccc(-c5cc(C(C)(C)C)c(-c6ccccc6)c(C(C)(C)C)c5)cc4)cc3)cc2)cc(C(C)(C)C)c1. The molecule has 0 aliphatic heterocycles. The van der Waals surface area contributed by atoms with Crippen molar-refractivity contribution in [3.8, 4) is 55.6 Å². The highest BCUT2D eigenvalue weighted by Gasteiger charge is 2.28. The van der Waals surface area contributed by atoms with Crippen LogP contribution in [-0.4, -0.2) is 0 Å². The van der Waals surface area contributed by atoms with E-state index >= 15 is 0 Å². The first-order valence-electron chi connectivity index (χ1n) is 19.0. The molecule has 52 heavy (non-hydrogen) atoms. The lowest BCUT2D eigenvalue weighted by Crippen LogP contribution is -2.19. The molecule has 0 N–H and O–H groups in total. The van der Waals surface area contributed by atoms with Gasteiger partial charge in [-0.1, -0.05) is 204 Å². The van der Waals surface area contributed by atoms with Gasteiger partial charge >= 0.3 is 0 Å². The molecule has 0 heteroatoms. The van der Waals surface area contributed by atoms with Gasteiger partial charge in [0.05, 0.1) is 0 Å². The summed E-state index contributed by atoms with van der Waals surface area (Å²) in [4.78, 5) is 0. The van der Waals surface area contributed by atoms with Gasteiger partial charge in [0.15, 0.2) is 0 Å². The normalized spacial score (nSPS) is 12.6. The van der Waals surface area contributed by atoms with Crippen LogP contribution in [0.3, 0.4) is 0 Å². The molecule has 0 radical (unpaired) electrons. The lowest BCUT2D eigenvalue weighted by molar-refractivity contribution is 0.569. The van der Waals surface area contributed by atoms with Crippen LogP contribution in [0.5, 0.6) is 0 Å². The van der Waals surface area contributed by atoms with Crippen LogP contribution in [0.1, 0.15) is 105 Å². The molecule has 6 aromatic carbocycles. The average Bonchev–Trinajstić information content (AvgIpc) is 3.10. The first-order valence-corrected chi connectivity index (χ1v) is 19.0. The fourth-order valence-corrected chi connectivity index (χ4v) is 7.13. The first-order chi connectivity index (χ1) is 24.3. The van der Waals surface area contributed by atoms with Crippen molar-refractivity contribution in [3.05, 3.63) is 156 Å². The predicted octanol–water partition coefficient (Wildman–Crippen LogP) is 15.2. The molecular formula is C52H58. The van der Waals surface area contributed by atoms with Crippen molar-refractivity contribution >= 4 is 0 Å². The smallest absolute Gasteiger partial charge is 0.0109 e. The Morgan fingerprint density at radius 1 is 0.250 bits per heavy atom. The van der Waals surface area contributed by atoms with Gasteiger partial charge in [0, 0.05) is 0 Å². The first kappa shape index (κ1) is 37.1. The highest BCUT2D eigenvalue weighted by molar-refractivity contribution is 5.81. The number of hydrogen-bond donors (Lipinski definition) is 0. The van der Waals surface area contributed by atoms with Gasteiger partial charge in [-0.3, -0.25) is 0 Å². The highest BCUT2D eigenvalue weighted by atomic mass is 14.3. The second-order valence-electron chi connectivity index (χ2n) is 18.8. The van der Waals surface area contributed by atoms with Crippen molar-refractivity contribution in [2.45, 2.75) is 105 Å².